The molecule has 0 saturated heterocycles. The summed E-state index contributed by atoms with van der Waals surface area (Å²) in [6, 6.07) is 9.93. The lowest BCUT2D eigenvalue weighted by Gasteiger charge is -2.04. The number of thioether (sulfide) groups is 1. The summed E-state index contributed by atoms with van der Waals surface area (Å²) < 4.78 is 5.61. The summed E-state index contributed by atoms with van der Waals surface area (Å²) in [5, 5.41) is 3.27. The molecule has 0 aliphatic rings. The number of aryl methyl sites for hydroxylation is 1. The highest BCUT2D eigenvalue weighted by molar-refractivity contribution is 7.98. The second kappa shape index (κ2) is 6.67. The van der Waals surface area contributed by atoms with Crippen molar-refractivity contribution in [1.82, 2.24) is 4.98 Å². The molecule has 1 aromatic carbocycles. The topological polar surface area (TPSA) is 22.1 Å². The van der Waals surface area contributed by atoms with Crippen molar-refractivity contribution in [2.24, 2.45) is 0 Å². The van der Waals surface area contributed by atoms with E-state index in [9.17, 15) is 0 Å². The molecule has 0 saturated carbocycles. The number of rotatable bonds is 6. The molecule has 2 aromatic rings. The van der Waals surface area contributed by atoms with Gasteiger partial charge in [-0.15, -0.1) is 11.3 Å². The fourth-order valence-electron chi connectivity index (χ4n) is 1.39. The van der Waals surface area contributed by atoms with Gasteiger partial charge in [0.2, 0.25) is 0 Å². The molecule has 0 fully saturated rings. The van der Waals surface area contributed by atoms with Gasteiger partial charge < -0.3 is 4.74 Å². The predicted molar refractivity (Wildman–Crippen MR) is 75.0 cm³/mol. The molecule has 0 amide bonds. The van der Waals surface area contributed by atoms with Gasteiger partial charge in [0.1, 0.15) is 5.75 Å². The summed E-state index contributed by atoms with van der Waals surface area (Å²) in [6.45, 7) is 2.79. The molecule has 1 heterocycles. The van der Waals surface area contributed by atoms with E-state index >= 15 is 0 Å². The highest BCUT2D eigenvalue weighted by atomic mass is 32.2. The Balaban J connectivity index is 1.61. The van der Waals surface area contributed by atoms with E-state index in [1.165, 1.54) is 5.69 Å². The Labute approximate surface area is 110 Å². The lowest BCUT2D eigenvalue weighted by Crippen LogP contribution is -2.00. The van der Waals surface area contributed by atoms with Crippen LogP contribution in [0.4, 0.5) is 0 Å². The van der Waals surface area contributed by atoms with E-state index in [0.717, 1.165) is 28.9 Å². The number of benzene rings is 1. The standard InChI is InChI=1S/C13H15NOS2/c1-11-14-12(10-17-11)9-16-8-7-15-13-5-3-2-4-6-13/h2-6,10H,7-9H2,1H3. The van der Waals surface area contributed by atoms with Crippen molar-refractivity contribution in [2.75, 3.05) is 12.4 Å². The number of ether oxygens (including phenoxy) is 1. The molecule has 17 heavy (non-hydrogen) atoms. The second-order valence-corrected chi connectivity index (χ2v) is 5.74. The molecule has 0 N–H and O–H groups in total. The summed E-state index contributed by atoms with van der Waals surface area (Å²) >= 11 is 3.57. The van der Waals surface area contributed by atoms with E-state index in [4.69, 9.17) is 4.74 Å². The fraction of sp³-hybridized carbons (Fsp3) is 0.308. The average Bonchev–Trinajstić information content (AvgIpc) is 2.76. The van der Waals surface area contributed by atoms with Gasteiger partial charge in [0.05, 0.1) is 17.3 Å². The van der Waals surface area contributed by atoms with Gasteiger partial charge in [-0.3, -0.25) is 0 Å². The van der Waals surface area contributed by atoms with Crippen LogP contribution >= 0.6 is 23.1 Å². The smallest absolute Gasteiger partial charge is 0.119 e. The molecule has 2 nitrogen and oxygen atoms in total. The van der Waals surface area contributed by atoms with Crippen molar-refractivity contribution in [3.05, 3.63) is 46.4 Å². The SMILES string of the molecule is Cc1nc(CSCCOc2ccccc2)cs1. The van der Waals surface area contributed by atoms with E-state index in [1.807, 2.05) is 49.0 Å². The van der Waals surface area contributed by atoms with Crippen molar-refractivity contribution in [1.29, 1.82) is 0 Å². The Kier molecular flexibility index (Phi) is 4.88. The van der Waals surface area contributed by atoms with Crippen molar-refractivity contribution < 1.29 is 4.74 Å². The number of nitrogens with zero attached hydrogens (tertiary/aromatic N) is 1. The number of hydrogen-bond acceptors (Lipinski definition) is 4. The number of hydrogen-bond donors (Lipinski definition) is 0. The normalized spacial score (nSPS) is 10.4. The highest BCUT2D eigenvalue weighted by Crippen LogP contribution is 2.15. The van der Waals surface area contributed by atoms with E-state index in [0.29, 0.717) is 0 Å². The minimum absolute atomic E-state index is 0.748. The Bertz CT molecular complexity index is 442. The molecule has 0 spiro atoms. The van der Waals surface area contributed by atoms with E-state index in [1.54, 1.807) is 11.3 Å². The highest BCUT2D eigenvalue weighted by Gasteiger charge is 1.98. The van der Waals surface area contributed by atoms with Gasteiger partial charge in [-0.2, -0.15) is 11.8 Å². The maximum absolute atomic E-state index is 5.61. The fourth-order valence-corrected chi connectivity index (χ4v) is 2.81. The largest absolute Gasteiger partial charge is 0.493 e. The van der Waals surface area contributed by atoms with Crippen LogP contribution in [-0.2, 0) is 5.75 Å². The van der Waals surface area contributed by atoms with E-state index in [-0.39, 0.29) is 0 Å². The second-order valence-electron chi connectivity index (χ2n) is 3.57. The van der Waals surface area contributed by atoms with Crippen molar-refractivity contribution in [2.45, 2.75) is 12.7 Å². The van der Waals surface area contributed by atoms with Crippen molar-refractivity contribution in [3.63, 3.8) is 0 Å². The summed E-state index contributed by atoms with van der Waals surface area (Å²) in [4.78, 5) is 4.42. The minimum atomic E-state index is 0.748. The molecule has 0 radical (unpaired) electrons. The van der Waals surface area contributed by atoms with E-state index in [2.05, 4.69) is 10.4 Å². The maximum atomic E-state index is 5.61. The molecular formula is C13H15NOS2. The molecule has 0 aliphatic heterocycles. The van der Waals surface area contributed by atoms with Crippen LogP contribution in [0.15, 0.2) is 35.7 Å². The first-order valence-electron chi connectivity index (χ1n) is 5.51. The lowest BCUT2D eigenvalue weighted by molar-refractivity contribution is 0.344. The summed E-state index contributed by atoms with van der Waals surface area (Å²) in [5.74, 6) is 2.91. The summed E-state index contributed by atoms with van der Waals surface area (Å²) in [6.07, 6.45) is 0. The first-order valence-corrected chi connectivity index (χ1v) is 7.54. The quantitative estimate of drug-likeness (QED) is 0.742. The van der Waals surface area contributed by atoms with Crippen LogP contribution in [0.5, 0.6) is 5.75 Å². The van der Waals surface area contributed by atoms with Crippen LogP contribution < -0.4 is 4.74 Å². The third kappa shape index (κ3) is 4.40. The van der Waals surface area contributed by atoms with E-state index < -0.39 is 0 Å². The van der Waals surface area contributed by atoms with Gasteiger partial charge in [-0.25, -0.2) is 4.98 Å². The molecule has 0 atom stereocenters. The zero-order valence-corrected chi connectivity index (χ0v) is 11.4. The van der Waals surface area contributed by atoms with Gasteiger partial charge in [-0.05, 0) is 19.1 Å². The monoisotopic (exact) mass is 265 g/mol. The Hall–Kier alpha value is -1.00. The van der Waals surface area contributed by atoms with Gasteiger partial charge in [0, 0.05) is 16.9 Å². The Morgan fingerprint density at radius 3 is 2.82 bits per heavy atom. The third-order valence-electron chi connectivity index (χ3n) is 2.16. The van der Waals surface area contributed by atoms with Gasteiger partial charge >= 0.3 is 0 Å². The van der Waals surface area contributed by atoms with Crippen LogP contribution in [0.2, 0.25) is 0 Å². The van der Waals surface area contributed by atoms with Gasteiger partial charge in [0.25, 0.3) is 0 Å². The Morgan fingerprint density at radius 1 is 1.29 bits per heavy atom. The molecule has 90 valence electrons. The Morgan fingerprint density at radius 2 is 2.12 bits per heavy atom. The van der Waals surface area contributed by atoms with Crippen LogP contribution in [0.3, 0.4) is 0 Å². The molecule has 0 aliphatic carbocycles. The van der Waals surface area contributed by atoms with Crippen LogP contribution in [0.1, 0.15) is 10.7 Å². The molecular weight excluding hydrogens is 250 g/mol. The zero-order valence-electron chi connectivity index (χ0n) is 9.76. The zero-order chi connectivity index (χ0) is 11.9. The number of aromatic nitrogens is 1. The van der Waals surface area contributed by atoms with Crippen LogP contribution in [0, 0.1) is 6.92 Å². The molecule has 4 heteroatoms. The summed E-state index contributed by atoms with van der Waals surface area (Å²) in [7, 11) is 0. The molecule has 2 rings (SSSR count). The molecule has 0 bridgehead atoms. The first kappa shape index (κ1) is 12.5. The van der Waals surface area contributed by atoms with Crippen LogP contribution in [0.25, 0.3) is 0 Å². The summed E-state index contributed by atoms with van der Waals surface area (Å²) in [5.41, 5.74) is 1.18. The number of para-hydroxylation sites is 1. The lowest BCUT2D eigenvalue weighted by atomic mass is 10.3. The van der Waals surface area contributed by atoms with Crippen LogP contribution in [-0.4, -0.2) is 17.3 Å². The van der Waals surface area contributed by atoms with Gasteiger partial charge in [0.15, 0.2) is 0 Å². The average molecular weight is 265 g/mol. The molecule has 0 unspecified atom stereocenters. The number of thiazole rings is 1. The van der Waals surface area contributed by atoms with Crippen molar-refractivity contribution >= 4 is 23.1 Å². The predicted octanol–water partition coefficient (Wildman–Crippen LogP) is 3.76. The minimum Gasteiger partial charge on any atom is -0.493 e. The van der Waals surface area contributed by atoms with Gasteiger partial charge in [-0.1, -0.05) is 18.2 Å². The first-order chi connectivity index (χ1) is 8.34. The third-order valence-corrected chi connectivity index (χ3v) is 3.93. The maximum Gasteiger partial charge on any atom is 0.119 e. The molecule has 1 aromatic heterocycles. The van der Waals surface area contributed by atoms with Crippen molar-refractivity contribution in [3.8, 4) is 5.75 Å².